The molecule has 38 heavy (non-hydrogen) atoms. The first-order valence-electron chi connectivity index (χ1n) is 13.3. The van der Waals surface area contributed by atoms with Crippen molar-refractivity contribution in [1.29, 1.82) is 0 Å². The number of carbonyl (C=O) groups is 2. The standard InChI is InChI=1S/C29H41N7O2/c1-36(18-15-30,19-16-31)17-7-11-25(32)28(37)35-27(29(38)34-24-9-3-2-4-10-24)14-13-22-20-23-8-5-6-12-26(23)33-21-22/h2-6,8-10,12,20-21,25,27H,7,11,13-19,30-32H2,1H3,(H-,34,35,37,38)/p+1/t25-,27-/m0/s1. The zero-order chi connectivity index (χ0) is 27.4. The van der Waals surface area contributed by atoms with E-state index in [1.807, 2.05) is 60.8 Å². The van der Waals surface area contributed by atoms with Crippen molar-refractivity contribution < 1.29 is 14.1 Å². The number of amides is 2. The highest BCUT2D eigenvalue weighted by atomic mass is 16.2. The van der Waals surface area contributed by atoms with Crippen LogP contribution < -0.4 is 27.8 Å². The topological polar surface area (TPSA) is 149 Å². The van der Waals surface area contributed by atoms with E-state index in [9.17, 15) is 9.59 Å². The molecule has 0 saturated heterocycles. The summed E-state index contributed by atoms with van der Waals surface area (Å²) in [5.41, 5.74) is 20.4. The minimum atomic E-state index is -0.740. The molecule has 3 rings (SSSR count). The predicted molar refractivity (Wildman–Crippen MR) is 153 cm³/mol. The number of fused-ring (bicyclic) bond motifs is 1. The molecule has 0 unspecified atom stereocenters. The number of hydrogen-bond donors (Lipinski definition) is 5. The number of anilines is 1. The smallest absolute Gasteiger partial charge is 0.246 e. The molecule has 2 aromatic carbocycles. The lowest BCUT2D eigenvalue weighted by molar-refractivity contribution is -0.907. The zero-order valence-electron chi connectivity index (χ0n) is 22.3. The molecule has 8 N–H and O–H groups in total. The summed E-state index contributed by atoms with van der Waals surface area (Å²) in [7, 11) is 2.12. The molecule has 0 aliphatic heterocycles. The summed E-state index contributed by atoms with van der Waals surface area (Å²) in [4.78, 5) is 30.7. The van der Waals surface area contributed by atoms with Gasteiger partial charge in [0, 0.05) is 30.4 Å². The van der Waals surface area contributed by atoms with Gasteiger partial charge >= 0.3 is 0 Å². The van der Waals surface area contributed by atoms with Gasteiger partial charge in [-0.1, -0.05) is 36.4 Å². The van der Waals surface area contributed by atoms with Gasteiger partial charge in [0.15, 0.2) is 0 Å². The van der Waals surface area contributed by atoms with Gasteiger partial charge in [-0.3, -0.25) is 14.6 Å². The van der Waals surface area contributed by atoms with E-state index in [0.29, 0.717) is 38.0 Å². The van der Waals surface area contributed by atoms with E-state index in [-0.39, 0.29) is 11.8 Å². The van der Waals surface area contributed by atoms with Gasteiger partial charge in [-0.25, -0.2) is 0 Å². The fourth-order valence-electron chi connectivity index (χ4n) is 4.65. The van der Waals surface area contributed by atoms with Gasteiger partial charge in [-0.2, -0.15) is 0 Å². The number of hydrogen-bond acceptors (Lipinski definition) is 6. The molecule has 1 aromatic heterocycles. The molecular weight excluding hydrogens is 478 g/mol. The van der Waals surface area contributed by atoms with E-state index < -0.39 is 12.1 Å². The van der Waals surface area contributed by atoms with Crippen LogP contribution in [-0.2, 0) is 16.0 Å². The lowest BCUT2D eigenvalue weighted by atomic mass is 10.0. The number of para-hydroxylation sites is 2. The summed E-state index contributed by atoms with van der Waals surface area (Å²) in [5.74, 6) is -0.609. The Morgan fingerprint density at radius 1 is 0.921 bits per heavy atom. The van der Waals surface area contributed by atoms with Crippen molar-refractivity contribution in [3.05, 3.63) is 72.4 Å². The van der Waals surface area contributed by atoms with Crippen LogP contribution in [0, 0.1) is 0 Å². The number of carbonyl (C=O) groups excluding carboxylic acids is 2. The fraction of sp³-hybridized carbons (Fsp3) is 0.414. The normalized spacial score (nSPS) is 13.2. The number of aromatic nitrogens is 1. The molecule has 9 nitrogen and oxygen atoms in total. The van der Waals surface area contributed by atoms with Crippen LogP contribution in [0.15, 0.2) is 66.9 Å². The van der Waals surface area contributed by atoms with Gasteiger partial charge in [0.05, 0.1) is 38.2 Å². The lowest BCUT2D eigenvalue weighted by Crippen LogP contribution is -2.52. The molecular formula is C29H42N7O2+. The van der Waals surface area contributed by atoms with Crippen LogP contribution in [0.5, 0.6) is 0 Å². The van der Waals surface area contributed by atoms with Crippen molar-refractivity contribution in [2.75, 3.05) is 45.1 Å². The molecule has 0 aliphatic rings. The first kappa shape index (κ1) is 29.2. The van der Waals surface area contributed by atoms with Gasteiger partial charge in [-0.15, -0.1) is 0 Å². The van der Waals surface area contributed by atoms with Crippen LogP contribution in [0.4, 0.5) is 5.69 Å². The summed E-state index contributed by atoms with van der Waals surface area (Å²) >= 11 is 0. The van der Waals surface area contributed by atoms with Crippen LogP contribution in [0.3, 0.4) is 0 Å². The van der Waals surface area contributed by atoms with Crippen molar-refractivity contribution in [2.24, 2.45) is 17.2 Å². The second-order valence-corrected chi connectivity index (χ2v) is 10.1. The molecule has 0 aliphatic carbocycles. The third-order valence-electron chi connectivity index (χ3n) is 6.93. The highest BCUT2D eigenvalue weighted by molar-refractivity contribution is 5.97. The monoisotopic (exact) mass is 520 g/mol. The summed E-state index contributed by atoms with van der Waals surface area (Å²) in [6, 6.07) is 17.7. The number of nitrogens with zero attached hydrogens (tertiary/aromatic N) is 2. The van der Waals surface area contributed by atoms with E-state index in [4.69, 9.17) is 17.2 Å². The number of rotatable bonds is 15. The Balaban J connectivity index is 1.63. The predicted octanol–water partition coefficient (Wildman–Crippen LogP) is 1.76. The zero-order valence-corrected chi connectivity index (χ0v) is 22.3. The average Bonchev–Trinajstić information content (AvgIpc) is 2.91. The number of quaternary nitrogens is 1. The molecule has 2 atom stereocenters. The molecule has 0 fully saturated rings. The molecule has 204 valence electrons. The lowest BCUT2D eigenvalue weighted by Gasteiger charge is -2.34. The van der Waals surface area contributed by atoms with Crippen LogP contribution in [-0.4, -0.2) is 73.1 Å². The quantitative estimate of drug-likeness (QED) is 0.193. The number of benzene rings is 2. The third kappa shape index (κ3) is 8.88. The number of nitrogens with one attached hydrogen (secondary N) is 2. The van der Waals surface area contributed by atoms with Crippen LogP contribution in [0.1, 0.15) is 24.8 Å². The molecule has 3 aromatic rings. The number of pyridine rings is 1. The van der Waals surface area contributed by atoms with Crippen molar-refractivity contribution in [3.8, 4) is 0 Å². The highest BCUT2D eigenvalue weighted by Gasteiger charge is 2.25. The molecule has 2 amide bonds. The van der Waals surface area contributed by atoms with Gasteiger partial charge in [0.1, 0.15) is 6.04 Å². The molecule has 9 heteroatoms. The largest absolute Gasteiger partial charge is 0.343 e. The Kier molecular flexibility index (Phi) is 11.2. The Morgan fingerprint density at radius 3 is 2.32 bits per heavy atom. The second kappa shape index (κ2) is 14.5. The van der Waals surface area contributed by atoms with Gasteiger partial charge in [0.25, 0.3) is 0 Å². The highest BCUT2D eigenvalue weighted by Crippen LogP contribution is 2.15. The maximum absolute atomic E-state index is 13.2. The van der Waals surface area contributed by atoms with Gasteiger partial charge in [-0.05, 0) is 55.5 Å². The van der Waals surface area contributed by atoms with Crippen LogP contribution in [0.25, 0.3) is 10.9 Å². The van der Waals surface area contributed by atoms with E-state index in [1.54, 1.807) is 0 Å². The SMILES string of the molecule is C[N+](CCN)(CCN)CCC[C@H](N)C(=O)N[C@@H](CCc1cnc2ccccc2c1)C(=O)Nc1ccccc1. The molecule has 0 radical (unpaired) electrons. The number of likely N-dealkylation sites (N-methyl/N-ethyl adjacent to an activating group) is 1. The average molecular weight is 521 g/mol. The molecule has 0 spiro atoms. The second-order valence-electron chi connectivity index (χ2n) is 10.1. The minimum absolute atomic E-state index is 0.277. The van der Waals surface area contributed by atoms with Crippen molar-refractivity contribution >= 4 is 28.4 Å². The van der Waals surface area contributed by atoms with E-state index in [2.05, 4.69) is 28.7 Å². The Hall–Kier alpha value is -3.37. The Labute approximate surface area is 225 Å². The first-order valence-corrected chi connectivity index (χ1v) is 13.3. The molecule has 0 saturated carbocycles. The summed E-state index contributed by atoms with van der Waals surface area (Å²) in [5, 5.41) is 6.85. The molecule has 0 bridgehead atoms. The van der Waals surface area contributed by atoms with Crippen molar-refractivity contribution in [3.63, 3.8) is 0 Å². The Bertz CT molecular complexity index is 1170. The van der Waals surface area contributed by atoms with Crippen molar-refractivity contribution in [2.45, 2.75) is 37.8 Å². The first-order chi connectivity index (χ1) is 18.3. The van der Waals surface area contributed by atoms with E-state index in [1.165, 1.54) is 0 Å². The Morgan fingerprint density at radius 2 is 1.61 bits per heavy atom. The minimum Gasteiger partial charge on any atom is -0.343 e. The summed E-state index contributed by atoms with van der Waals surface area (Å²) in [6.07, 6.45) is 4.08. The van der Waals surface area contributed by atoms with Crippen LogP contribution in [0.2, 0.25) is 0 Å². The van der Waals surface area contributed by atoms with Gasteiger partial charge < -0.3 is 32.3 Å². The number of aryl methyl sites for hydroxylation is 1. The number of nitrogens with two attached hydrogens (primary N) is 3. The van der Waals surface area contributed by atoms with Gasteiger partial charge in [0.2, 0.25) is 11.8 Å². The van der Waals surface area contributed by atoms with Crippen molar-refractivity contribution in [1.82, 2.24) is 10.3 Å². The maximum atomic E-state index is 13.2. The maximum Gasteiger partial charge on any atom is 0.246 e. The third-order valence-corrected chi connectivity index (χ3v) is 6.93. The molecule has 1 heterocycles. The summed E-state index contributed by atoms with van der Waals surface area (Å²) < 4.78 is 0.753. The van der Waals surface area contributed by atoms with Crippen LogP contribution >= 0.6 is 0 Å². The fourth-order valence-corrected chi connectivity index (χ4v) is 4.65. The van der Waals surface area contributed by atoms with E-state index >= 15 is 0 Å². The summed E-state index contributed by atoms with van der Waals surface area (Å²) in [6.45, 7) is 3.64. The van der Waals surface area contributed by atoms with E-state index in [0.717, 1.165) is 47.0 Å².